The van der Waals surface area contributed by atoms with E-state index in [1.54, 1.807) is 0 Å². The molecule has 0 radical (unpaired) electrons. The van der Waals surface area contributed by atoms with Gasteiger partial charge in [0.05, 0.1) is 0 Å². The average Bonchev–Trinajstić information content (AvgIpc) is 2.21. The van der Waals surface area contributed by atoms with E-state index in [1.807, 2.05) is 11.8 Å². The van der Waals surface area contributed by atoms with Crippen LogP contribution in [0, 0.1) is 11.3 Å². The minimum absolute atomic E-state index is 0.385. The van der Waals surface area contributed by atoms with Gasteiger partial charge in [-0.15, -0.1) is 0 Å². The fourth-order valence-electron chi connectivity index (χ4n) is 2.47. The molecule has 0 bridgehead atoms. The highest BCUT2D eigenvalue weighted by atomic mass is 32.2. The van der Waals surface area contributed by atoms with Gasteiger partial charge < -0.3 is 5.32 Å². The molecule has 2 nitrogen and oxygen atoms in total. The molecular formula is C13H24N2S. The first-order chi connectivity index (χ1) is 7.55. The molecule has 2 unspecified atom stereocenters. The molecule has 3 heteroatoms. The van der Waals surface area contributed by atoms with Crippen LogP contribution in [-0.2, 0) is 0 Å². The Morgan fingerprint density at radius 3 is 2.81 bits per heavy atom. The van der Waals surface area contributed by atoms with E-state index in [4.69, 9.17) is 0 Å². The van der Waals surface area contributed by atoms with Crippen molar-refractivity contribution < 1.29 is 0 Å². The Hall–Kier alpha value is -0.180. The smallest absolute Gasteiger partial charge is 0.156 e. The number of nitrogens with one attached hydrogen (secondary N) is 1. The number of hydrogen-bond donors (Lipinski definition) is 1. The first-order valence-electron chi connectivity index (χ1n) is 6.49. The van der Waals surface area contributed by atoms with Crippen LogP contribution >= 0.6 is 11.8 Å². The molecule has 2 aliphatic rings. The van der Waals surface area contributed by atoms with E-state index in [9.17, 15) is 0 Å². The second-order valence-corrected chi connectivity index (χ2v) is 7.15. The summed E-state index contributed by atoms with van der Waals surface area (Å²) >= 11 is 1.90. The quantitative estimate of drug-likeness (QED) is 0.760. The van der Waals surface area contributed by atoms with E-state index in [0.717, 1.165) is 12.5 Å². The summed E-state index contributed by atoms with van der Waals surface area (Å²) in [4.78, 5) is 4.67. The Morgan fingerprint density at radius 2 is 2.19 bits per heavy atom. The number of rotatable bonds is 1. The first-order valence-corrected chi connectivity index (χ1v) is 7.47. The highest BCUT2D eigenvalue weighted by Gasteiger charge is 2.25. The lowest BCUT2D eigenvalue weighted by Crippen LogP contribution is -2.39. The van der Waals surface area contributed by atoms with Gasteiger partial charge in [-0.2, -0.15) is 0 Å². The zero-order valence-corrected chi connectivity index (χ0v) is 11.6. The maximum absolute atomic E-state index is 4.67. The fraction of sp³-hybridized carbons (Fsp3) is 0.923. The number of amidine groups is 1. The van der Waals surface area contributed by atoms with Crippen molar-refractivity contribution in [2.24, 2.45) is 16.3 Å². The van der Waals surface area contributed by atoms with Crippen molar-refractivity contribution in [2.45, 2.75) is 52.5 Å². The molecule has 1 N–H and O–H groups in total. The molecule has 0 spiro atoms. The van der Waals surface area contributed by atoms with Gasteiger partial charge in [-0.3, -0.25) is 4.99 Å². The van der Waals surface area contributed by atoms with Crippen molar-refractivity contribution in [1.82, 2.24) is 5.32 Å². The predicted molar refractivity (Wildman–Crippen MR) is 73.1 cm³/mol. The Morgan fingerprint density at radius 1 is 1.38 bits per heavy atom. The van der Waals surface area contributed by atoms with E-state index < -0.39 is 0 Å². The highest BCUT2D eigenvalue weighted by molar-refractivity contribution is 8.13. The molecule has 2 atom stereocenters. The number of aliphatic imine (C=N–C) groups is 1. The second kappa shape index (κ2) is 4.99. The molecule has 1 aliphatic carbocycles. The predicted octanol–water partition coefficient (Wildman–Crippen LogP) is 3.28. The van der Waals surface area contributed by atoms with Crippen LogP contribution in [0.2, 0.25) is 0 Å². The lowest BCUT2D eigenvalue weighted by Gasteiger charge is -2.32. The summed E-state index contributed by atoms with van der Waals surface area (Å²) in [5.74, 6) is 2.08. The summed E-state index contributed by atoms with van der Waals surface area (Å²) in [5, 5.41) is 4.83. The van der Waals surface area contributed by atoms with Gasteiger partial charge in [0.15, 0.2) is 5.17 Å². The van der Waals surface area contributed by atoms with Gasteiger partial charge in [0, 0.05) is 18.3 Å². The standard InChI is InChI=1S/C13H24N2S/c1-10-5-4-6-11(7-10)15-12-14-8-13(2,3)9-16-12/h10-11H,4-9H2,1-3H3,(H,14,15). The van der Waals surface area contributed by atoms with Crippen molar-refractivity contribution in [3.05, 3.63) is 0 Å². The van der Waals surface area contributed by atoms with Gasteiger partial charge in [0.1, 0.15) is 0 Å². The Labute approximate surface area is 104 Å². The average molecular weight is 240 g/mol. The van der Waals surface area contributed by atoms with E-state index in [0.29, 0.717) is 11.5 Å². The van der Waals surface area contributed by atoms with Crippen LogP contribution < -0.4 is 5.32 Å². The van der Waals surface area contributed by atoms with E-state index in [-0.39, 0.29) is 0 Å². The molecule has 0 aromatic heterocycles. The highest BCUT2D eigenvalue weighted by Crippen LogP contribution is 2.29. The molecular weight excluding hydrogens is 216 g/mol. The molecule has 1 saturated carbocycles. The van der Waals surface area contributed by atoms with E-state index >= 15 is 0 Å². The minimum Gasteiger partial charge on any atom is -0.362 e. The van der Waals surface area contributed by atoms with Gasteiger partial charge >= 0.3 is 0 Å². The van der Waals surface area contributed by atoms with E-state index in [2.05, 4.69) is 31.1 Å². The molecule has 2 rings (SSSR count). The van der Waals surface area contributed by atoms with Crippen LogP contribution in [0.15, 0.2) is 4.99 Å². The molecule has 16 heavy (non-hydrogen) atoms. The van der Waals surface area contributed by atoms with Gasteiger partial charge in [0.25, 0.3) is 0 Å². The van der Waals surface area contributed by atoms with E-state index in [1.165, 1.54) is 36.6 Å². The van der Waals surface area contributed by atoms with Crippen molar-refractivity contribution in [3.8, 4) is 0 Å². The molecule has 1 aliphatic heterocycles. The number of nitrogens with zero attached hydrogens (tertiary/aromatic N) is 1. The maximum Gasteiger partial charge on any atom is 0.156 e. The number of hydrogen-bond acceptors (Lipinski definition) is 3. The molecule has 92 valence electrons. The molecule has 0 saturated heterocycles. The molecule has 0 aromatic rings. The molecule has 0 aromatic carbocycles. The topological polar surface area (TPSA) is 24.4 Å². The zero-order valence-electron chi connectivity index (χ0n) is 10.8. The number of thioether (sulfide) groups is 1. The summed E-state index contributed by atoms with van der Waals surface area (Å²) < 4.78 is 0. The van der Waals surface area contributed by atoms with Crippen molar-refractivity contribution in [3.63, 3.8) is 0 Å². The largest absolute Gasteiger partial charge is 0.362 e. The van der Waals surface area contributed by atoms with Gasteiger partial charge in [-0.05, 0) is 24.2 Å². The third-order valence-electron chi connectivity index (χ3n) is 3.51. The summed E-state index contributed by atoms with van der Waals surface area (Å²) in [5.41, 5.74) is 0.385. The fourth-order valence-corrected chi connectivity index (χ4v) is 3.49. The Bertz CT molecular complexity index is 273. The van der Waals surface area contributed by atoms with Crippen LogP contribution in [0.25, 0.3) is 0 Å². The summed E-state index contributed by atoms with van der Waals surface area (Å²) in [7, 11) is 0. The van der Waals surface area contributed by atoms with Crippen LogP contribution in [0.3, 0.4) is 0 Å². The lowest BCUT2D eigenvalue weighted by atomic mass is 9.87. The van der Waals surface area contributed by atoms with Crippen molar-refractivity contribution in [2.75, 3.05) is 12.3 Å². The van der Waals surface area contributed by atoms with Crippen LogP contribution in [0.1, 0.15) is 46.5 Å². The van der Waals surface area contributed by atoms with Crippen LogP contribution in [0.5, 0.6) is 0 Å². The molecule has 1 heterocycles. The third kappa shape index (κ3) is 3.41. The van der Waals surface area contributed by atoms with Gasteiger partial charge in [-0.1, -0.05) is 45.4 Å². The monoisotopic (exact) mass is 240 g/mol. The maximum atomic E-state index is 4.67. The second-order valence-electron chi connectivity index (χ2n) is 6.19. The lowest BCUT2D eigenvalue weighted by molar-refractivity contribution is 0.326. The first kappa shape index (κ1) is 12.3. The Kier molecular flexibility index (Phi) is 3.83. The van der Waals surface area contributed by atoms with Crippen LogP contribution in [0.4, 0.5) is 0 Å². The molecule has 1 fully saturated rings. The minimum atomic E-state index is 0.385. The van der Waals surface area contributed by atoms with Crippen LogP contribution in [-0.4, -0.2) is 23.5 Å². The normalized spacial score (nSPS) is 34.3. The van der Waals surface area contributed by atoms with Gasteiger partial charge in [-0.25, -0.2) is 0 Å². The summed E-state index contributed by atoms with van der Waals surface area (Å²) in [6.07, 6.45) is 5.43. The molecule has 0 amide bonds. The zero-order chi connectivity index (χ0) is 11.6. The van der Waals surface area contributed by atoms with Gasteiger partial charge in [0.2, 0.25) is 0 Å². The van der Waals surface area contributed by atoms with Crippen molar-refractivity contribution >= 4 is 16.9 Å². The summed E-state index contributed by atoms with van der Waals surface area (Å²) in [6, 6.07) is 0.677. The third-order valence-corrected chi connectivity index (χ3v) is 4.96. The Balaban J connectivity index is 1.84. The SMILES string of the molecule is CC1CCCC(NC2=NCC(C)(C)CS2)C1. The van der Waals surface area contributed by atoms with Crippen molar-refractivity contribution in [1.29, 1.82) is 0 Å². The summed E-state index contributed by atoms with van der Waals surface area (Å²) in [6.45, 7) is 7.93.